The minimum atomic E-state index is 0.171. The van der Waals surface area contributed by atoms with Gasteiger partial charge in [-0.15, -0.1) is 0 Å². The maximum absolute atomic E-state index is 9.07. The Morgan fingerprint density at radius 3 is 2.14 bits per heavy atom. The number of nitrogens with one attached hydrogen (secondary N) is 1. The molecule has 14 heavy (non-hydrogen) atoms. The number of aliphatic hydroxyl groups is 1. The summed E-state index contributed by atoms with van der Waals surface area (Å²) >= 11 is 0. The minimum absolute atomic E-state index is 0.171. The maximum Gasteiger partial charge on any atom is 0.0597 e. The van der Waals surface area contributed by atoms with Crippen molar-refractivity contribution in [1.29, 1.82) is 0 Å². The molecule has 0 aliphatic rings. The van der Waals surface area contributed by atoms with Crippen LogP contribution in [0.15, 0.2) is 0 Å². The second-order valence-corrected chi connectivity index (χ2v) is 5.15. The van der Waals surface area contributed by atoms with Crippen molar-refractivity contribution in [1.82, 2.24) is 10.2 Å². The van der Waals surface area contributed by atoms with Crippen molar-refractivity contribution in [2.24, 2.45) is 5.41 Å². The summed E-state index contributed by atoms with van der Waals surface area (Å²) in [5.41, 5.74) is 0.280. The third kappa shape index (κ3) is 4.40. The number of likely N-dealkylation sites (N-methyl/N-ethyl adjacent to an activating group) is 2. The molecule has 0 heterocycles. The zero-order valence-corrected chi connectivity index (χ0v) is 10.5. The number of hydrogen-bond donors (Lipinski definition) is 2. The van der Waals surface area contributed by atoms with Gasteiger partial charge in [0.1, 0.15) is 0 Å². The molecule has 0 fully saturated rings. The predicted molar refractivity (Wildman–Crippen MR) is 61.5 cm³/mol. The van der Waals surface area contributed by atoms with Crippen LogP contribution in [0.5, 0.6) is 0 Å². The van der Waals surface area contributed by atoms with E-state index in [2.05, 4.69) is 45.0 Å². The van der Waals surface area contributed by atoms with Crippen molar-refractivity contribution in [3.05, 3.63) is 0 Å². The summed E-state index contributed by atoms with van der Waals surface area (Å²) in [6, 6.07) is 0.676. The van der Waals surface area contributed by atoms with Crippen LogP contribution < -0.4 is 5.32 Å². The van der Waals surface area contributed by atoms with E-state index in [1.165, 1.54) is 0 Å². The molecule has 3 nitrogen and oxygen atoms in total. The molecule has 0 amide bonds. The first-order valence-electron chi connectivity index (χ1n) is 5.31. The molecule has 0 saturated heterocycles. The summed E-state index contributed by atoms with van der Waals surface area (Å²) < 4.78 is 0. The molecule has 0 aromatic heterocycles. The summed E-state index contributed by atoms with van der Waals surface area (Å²) in [4.78, 5) is 2.29. The number of hydrogen-bond acceptors (Lipinski definition) is 3. The third-order valence-electron chi connectivity index (χ3n) is 3.05. The lowest BCUT2D eigenvalue weighted by Gasteiger charge is -2.36. The lowest BCUT2D eigenvalue weighted by Crippen LogP contribution is -2.47. The lowest BCUT2D eigenvalue weighted by molar-refractivity contribution is 0.115. The van der Waals surface area contributed by atoms with E-state index in [0.29, 0.717) is 6.04 Å². The molecule has 0 spiro atoms. The Bertz CT molecular complexity index is 150. The Labute approximate surface area is 88.5 Å². The van der Waals surface area contributed by atoms with Gasteiger partial charge in [0.15, 0.2) is 0 Å². The molecule has 0 radical (unpaired) electrons. The smallest absolute Gasteiger partial charge is 0.0597 e. The molecule has 2 N–H and O–H groups in total. The molecule has 0 aliphatic heterocycles. The minimum Gasteiger partial charge on any atom is -0.395 e. The van der Waals surface area contributed by atoms with E-state index in [4.69, 9.17) is 5.11 Å². The van der Waals surface area contributed by atoms with Gasteiger partial charge in [-0.1, -0.05) is 20.8 Å². The predicted octanol–water partition coefficient (Wildman–Crippen LogP) is 0.933. The largest absolute Gasteiger partial charge is 0.395 e. The van der Waals surface area contributed by atoms with Gasteiger partial charge < -0.3 is 15.3 Å². The number of rotatable bonds is 5. The molecule has 0 bridgehead atoms. The zero-order valence-electron chi connectivity index (χ0n) is 10.5. The van der Waals surface area contributed by atoms with Crippen LogP contribution in [0.4, 0.5) is 0 Å². The Balaban J connectivity index is 4.13. The third-order valence-corrected chi connectivity index (χ3v) is 3.05. The highest BCUT2D eigenvalue weighted by Crippen LogP contribution is 2.22. The van der Waals surface area contributed by atoms with E-state index in [1.54, 1.807) is 0 Å². The molecule has 0 aromatic rings. The van der Waals surface area contributed by atoms with Crippen LogP contribution >= 0.6 is 0 Å². The molecule has 2 atom stereocenters. The van der Waals surface area contributed by atoms with Crippen molar-refractivity contribution in [2.75, 3.05) is 27.2 Å². The highest BCUT2D eigenvalue weighted by Gasteiger charge is 2.24. The van der Waals surface area contributed by atoms with E-state index < -0.39 is 0 Å². The van der Waals surface area contributed by atoms with Crippen LogP contribution in [0.25, 0.3) is 0 Å². The standard InChI is InChI=1S/C11H26N2O/c1-9(11(2,3)4)13(6)7-10(8-14)12-5/h9-10,12,14H,7-8H2,1-6H3. The second-order valence-electron chi connectivity index (χ2n) is 5.15. The van der Waals surface area contributed by atoms with Crippen molar-refractivity contribution in [2.45, 2.75) is 39.8 Å². The first-order valence-corrected chi connectivity index (χ1v) is 5.31. The first-order chi connectivity index (χ1) is 6.32. The molecule has 0 aromatic carbocycles. The van der Waals surface area contributed by atoms with Gasteiger partial charge in [0.05, 0.1) is 6.61 Å². The van der Waals surface area contributed by atoms with Gasteiger partial charge in [-0.2, -0.15) is 0 Å². The maximum atomic E-state index is 9.07. The second kappa shape index (κ2) is 5.69. The lowest BCUT2D eigenvalue weighted by atomic mass is 9.87. The summed E-state index contributed by atoms with van der Waals surface area (Å²) in [5.74, 6) is 0. The average molecular weight is 202 g/mol. The molecular weight excluding hydrogens is 176 g/mol. The molecule has 2 unspecified atom stereocenters. The Hall–Kier alpha value is -0.120. The van der Waals surface area contributed by atoms with Gasteiger partial charge in [0.2, 0.25) is 0 Å². The monoisotopic (exact) mass is 202 g/mol. The highest BCUT2D eigenvalue weighted by atomic mass is 16.3. The van der Waals surface area contributed by atoms with Crippen LogP contribution in [0.3, 0.4) is 0 Å². The van der Waals surface area contributed by atoms with Crippen molar-refractivity contribution in [3.8, 4) is 0 Å². The van der Waals surface area contributed by atoms with E-state index in [0.717, 1.165) is 6.54 Å². The zero-order chi connectivity index (χ0) is 11.4. The fraction of sp³-hybridized carbons (Fsp3) is 1.00. The highest BCUT2D eigenvalue weighted by molar-refractivity contribution is 4.80. The van der Waals surface area contributed by atoms with Crippen LogP contribution in [0, 0.1) is 5.41 Å². The fourth-order valence-electron chi connectivity index (χ4n) is 1.41. The van der Waals surface area contributed by atoms with Gasteiger partial charge >= 0.3 is 0 Å². The summed E-state index contributed by atoms with van der Waals surface area (Å²) in [5, 5.41) is 12.2. The summed E-state index contributed by atoms with van der Waals surface area (Å²) in [6.45, 7) is 10.0. The van der Waals surface area contributed by atoms with Crippen molar-refractivity contribution >= 4 is 0 Å². The molecule has 0 saturated carbocycles. The number of aliphatic hydroxyl groups excluding tert-OH is 1. The van der Waals surface area contributed by atoms with Crippen LogP contribution in [-0.4, -0.2) is 49.3 Å². The van der Waals surface area contributed by atoms with E-state index in [-0.39, 0.29) is 18.1 Å². The van der Waals surface area contributed by atoms with E-state index in [1.807, 2.05) is 7.05 Å². The first kappa shape index (κ1) is 13.9. The van der Waals surface area contributed by atoms with Gasteiger partial charge in [-0.3, -0.25) is 0 Å². The molecule has 0 aliphatic carbocycles. The molecule has 0 rings (SSSR count). The molecule has 3 heteroatoms. The Morgan fingerprint density at radius 2 is 1.86 bits per heavy atom. The fourth-order valence-corrected chi connectivity index (χ4v) is 1.41. The Kier molecular flexibility index (Phi) is 5.64. The summed E-state index contributed by atoms with van der Waals surface area (Å²) in [7, 11) is 3.99. The van der Waals surface area contributed by atoms with Crippen LogP contribution in [0.2, 0.25) is 0 Å². The van der Waals surface area contributed by atoms with E-state index in [9.17, 15) is 0 Å². The van der Waals surface area contributed by atoms with Crippen molar-refractivity contribution < 1.29 is 5.11 Å². The quantitative estimate of drug-likeness (QED) is 0.696. The molecule has 86 valence electrons. The normalized spacial score (nSPS) is 17.1. The van der Waals surface area contributed by atoms with Gasteiger partial charge in [0, 0.05) is 18.6 Å². The van der Waals surface area contributed by atoms with Crippen LogP contribution in [0.1, 0.15) is 27.7 Å². The van der Waals surface area contributed by atoms with Gasteiger partial charge in [-0.05, 0) is 26.4 Å². The van der Waals surface area contributed by atoms with Crippen molar-refractivity contribution in [3.63, 3.8) is 0 Å². The topological polar surface area (TPSA) is 35.5 Å². The van der Waals surface area contributed by atoms with Gasteiger partial charge in [-0.25, -0.2) is 0 Å². The van der Waals surface area contributed by atoms with E-state index >= 15 is 0 Å². The Morgan fingerprint density at radius 1 is 1.36 bits per heavy atom. The molecular formula is C11H26N2O. The SMILES string of the molecule is CNC(CO)CN(C)C(C)C(C)(C)C. The average Bonchev–Trinajstić information content (AvgIpc) is 2.11. The number of nitrogens with zero attached hydrogens (tertiary/aromatic N) is 1. The van der Waals surface area contributed by atoms with Crippen LogP contribution in [-0.2, 0) is 0 Å². The van der Waals surface area contributed by atoms with Gasteiger partial charge in [0.25, 0.3) is 0 Å². The summed E-state index contributed by atoms with van der Waals surface area (Å²) in [6.07, 6.45) is 0.